The Balaban J connectivity index is 1.99. The third kappa shape index (κ3) is 5.27. The number of hydrogen-bond acceptors (Lipinski definition) is 4. The Hall–Kier alpha value is -2.54. The van der Waals surface area contributed by atoms with Crippen molar-refractivity contribution in [2.24, 2.45) is 0 Å². The van der Waals surface area contributed by atoms with Crippen LogP contribution in [0.1, 0.15) is 19.8 Å². The second kappa shape index (κ2) is 8.35. The van der Waals surface area contributed by atoms with Crippen molar-refractivity contribution in [2.45, 2.75) is 24.7 Å². The van der Waals surface area contributed by atoms with Gasteiger partial charge >= 0.3 is 6.09 Å². The maximum absolute atomic E-state index is 12.3. The fourth-order valence-electron chi connectivity index (χ4n) is 1.90. The molecule has 1 amide bonds. The molecular weight excluding hydrogens is 328 g/mol. The van der Waals surface area contributed by atoms with E-state index >= 15 is 0 Å². The number of rotatable bonds is 7. The zero-order chi connectivity index (χ0) is 17.4. The summed E-state index contributed by atoms with van der Waals surface area (Å²) in [5, 5.41) is 2.55. The third-order valence-electron chi connectivity index (χ3n) is 3.17. The largest absolute Gasteiger partial charge is 0.449 e. The van der Waals surface area contributed by atoms with Crippen molar-refractivity contribution in [1.29, 1.82) is 0 Å². The van der Waals surface area contributed by atoms with Crippen LogP contribution in [0.2, 0.25) is 0 Å². The number of carbonyl (C=O) groups excluding carboxylic acids is 1. The molecule has 2 aromatic carbocycles. The van der Waals surface area contributed by atoms with E-state index in [1.807, 2.05) is 6.92 Å². The molecule has 2 N–H and O–H groups in total. The van der Waals surface area contributed by atoms with Crippen LogP contribution < -0.4 is 10.0 Å². The Bertz CT molecular complexity index is 759. The first kappa shape index (κ1) is 17.8. The van der Waals surface area contributed by atoms with Crippen LogP contribution >= 0.6 is 0 Å². The normalized spacial score (nSPS) is 10.9. The first-order chi connectivity index (χ1) is 11.5. The van der Waals surface area contributed by atoms with E-state index in [1.165, 1.54) is 24.3 Å². The van der Waals surface area contributed by atoms with Gasteiger partial charge in [-0.2, -0.15) is 0 Å². The summed E-state index contributed by atoms with van der Waals surface area (Å²) in [6, 6.07) is 14.5. The van der Waals surface area contributed by atoms with E-state index in [9.17, 15) is 13.2 Å². The Morgan fingerprint density at radius 2 is 1.67 bits per heavy atom. The Labute approximate surface area is 141 Å². The molecule has 0 aliphatic heterocycles. The lowest BCUT2D eigenvalue weighted by molar-refractivity contribution is 0.160. The molecule has 0 fully saturated rings. The quantitative estimate of drug-likeness (QED) is 0.745. The number of nitrogens with one attached hydrogen (secondary N) is 2. The van der Waals surface area contributed by atoms with Gasteiger partial charge in [0.2, 0.25) is 0 Å². The second-order valence-corrected chi connectivity index (χ2v) is 6.79. The van der Waals surface area contributed by atoms with Gasteiger partial charge < -0.3 is 4.74 Å². The monoisotopic (exact) mass is 348 g/mol. The Morgan fingerprint density at radius 3 is 2.29 bits per heavy atom. The Kier molecular flexibility index (Phi) is 6.20. The number of anilines is 2. The summed E-state index contributed by atoms with van der Waals surface area (Å²) in [6.45, 7) is 2.36. The van der Waals surface area contributed by atoms with Gasteiger partial charge in [-0.25, -0.2) is 13.2 Å². The van der Waals surface area contributed by atoms with E-state index in [0.717, 1.165) is 12.8 Å². The summed E-state index contributed by atoms with van der Waals surface area (Å²) in [5.74, 6) is 0. The molecule has 0 aromatic heterocycles. The van der Waals surface area contributed by atoms with Gasteiger partial charge in [0, 0.05) is 11.4 Å². The molecule has 2 rings (SSSR count). The standard InChI is InChI=1S/C17H20N2O4S/c1-2-3-13-23-17(20)18-14-9-11-16(12-10-14)24(21,22)19-15-7-5-4-6-8-15/h4-12,19H,2-3,13H2,1H3,(H,18,20). The van der Waals surface area contributed by atoms with E-state index < -0.39 is 16.1 Å². The predicted molar refractivity (Wildman–Crippen MR) is 93.6 cm³/mol. The van der Waals surface area contributed by atoms with Crippen molar-refractivity contribution in [3.05, 3.63) is 54.6 Å². The molecule has 0 saturated carbocycles. The molecule has 24 heavy (non-hydrogen) atoms. The zero-order valence-corrected chi connectivity index (χ0v) is 14.2. The van der Waals surface area contributed by atoms with E-state index in [2.05, 4.69) is 10.0 Å². The summed E-state index contributed by atoms with van der Waals surface area (Å²) in [4.78, 5) is 11.7. The molecule has 2 aromatic rings. The van der Waals surface area contributed by atoms with Gasteiger partial charge in [0.25, 0.3) is 10.0 Å². The van der Waals surface area contributed by atoms with Crippen LogP contribution in [0.3, 0.4) is 0 Å². The van der Waals surface area contributed by atoms with Gasteiger partial charge in [-0.1, -0.05) is 31.5 Å². The molecule has 0 bridgehead atoms. The molecule has 6 nitrogen and oxygen atoms in total. The number of ether oxygens (including phenoxy) is 1. The highest BCUT2D eigenvalue weighted by Gasteiger charge is 2.14. The number of para-hydroxylation sites is 1. The molecule has 0 unspecified atom stereocenters. The molecule has 0 atom stereocenters. The molecule has 0 spiro atoms. The van der Waals surface area contributed by atoms with Gasteiger partial charge in [-0.3, -0.25) is 10.0 Å². The van der Waals surface area contributed by atoms with Crippen LogP contribution in [-0.2, 0) is 14.8 Å². The van der Waals surface area contributed by atoms with Crippen molar-refractivity contribution in [2.75, 3.05) is 16.6 Å². The fourth-order valence-corrected chi connectivity index (χ4v) is 2.96. The van der Waals surface area contributed by atoms with Crippen molar-refractivity contribution in [3.63, 3.8) is 0 Å². The van der Waals surface area contributed by atoms with Gasteiger partial charge in [0.15, 0.2) is 0 Å². The molecule has 128 valence electrons. The van der Waals surface area contributed by atoms with Crippen LogP contribution in [-0.4, -0.2) is 21.1 Å². The van der Waals surface area contributed by atoms with E-state index in [-0.39, 0.29) is 4.90 Å². The number of benzene rings is 2. The zero-order valence-electron chi connectivity index (χ0n) is 13.4. The number of unbranched alkanes of at least 4 members (excludes halogenated alkanes) is 1. The van der Waals surface area contributed by atoms with Crippen LogP contribution in [0, 0.1) is 0 Å². The number of amides is 1. The highest BCUT2D eigenvalue weighted by Crippen LogP contribution is 2.18. The first-order valence-corrected chi connectivity index (χ1v) is 9.11. The van der Waals surface area contributed by atoms with Crippen molar-refractivity contribution >= 4 is 27.5 Å². The van der Waals surface area contributed by atoms with Crippen molar-refractivity contribution in [1.82, 2.24) is 0 Å². The summed E-state index contributed by atoms with van der Waals surface area (Å²) < 4.78 is 32.0. The average Bonchev–Trinajstić information content (AvgIpc) is 2.56. The van der Waals surface area contributed by atoms with Crippen LogP contribution in [0.5, 0.6) is 0 Å². The highest BCUT2D eigenvalue weighted by molar-refractivity contribution is 7.92. The first-order valence-electron chi connectivity index (χ1n) is 7.63. The summed E-state index contributed by atoms with van der Waals surface area (Å²) in [7, 11) is -3.67. The molecule has 0 radical (unpaired) electrons. The summed E-state index contributed by atoms with van der Waals surface area (Å²) in [5.41, 5.74) is 0.953. The lowest BCUT2D eigenvalue weighted by Gasteiger charge is -2.09. The number of hydrogen-bond donors (Lipinski definition) is 2. The molecular formula is C17H20N2O4S. The second-order valence-electron chi connectivity index (χ2n) is 5.11. The number of carbonyl (C=O) groups is 1. The maximum atomic E-state index is 12.3. The fraction of sp³-hybridized carbons (Fsp3) is 0.235. The summed E-state index contributed by atoms with van der Waals surface area (Å²) >= 11 is 0. The summed E-state index contributed by atoms with van der Waals surface area (Å²) in [6.07, 6.45) is 1.19. The van der Waals surface area contributed by atoms with Crippen LogP contribution in [0.25, 0.3) is 0 Å². The van der Waals surface area contributed by atoms with Crippen molar-refractivity contribution in [3.8, 4) is 0 Å². The minimum atomic E-state index is -3.67. The van der Waals surface area contributed by atoms with E-state index in [4.69, 9.17) is 4.74 Å². The lowest BCUT2D eigenvalue weighted by Crippen LogP contribution is -2.15. The van der Waals surface area contributed by atoms with E-state index in [0.29, 0.717) is 18.0 Å². The third-order valence-corrected chi connectivity index (χ3v) is 4.57. The highest BCUT2D eigenvalue weighted by atomic mass is 32.2. The molecule has 0 saturated heterocycles. The molecule has 7 heteroatoms. The minimum absolute atomic E-state index is 0.108. The Morgan fingerprint density at radius 1 is 1.00 bits per heavy atom. The minimum Gasteiger partial charge on any atom is -0.449 e. The topological polar surface area (TPSA) is 84.5 Å². The molecule has 0 aliphatic rings. The van der Waals surface area contributed by atoms with Gasteiger partial charge in [-0.15, -0.1) is 0 Å². The smallest absolute Gasteiger partial charge is 0.411 e. The van der Waals surface area contributed by atoms with Gasteiger partial charge in [0.1, 0.15) is 0 Å². The lowest BCUT2D eigenvalue weighted by atomic mass is 10.3. The average molecular weight is 348 g/mol. The van der Waals surface area contributed by atoms with Gasteiger partial charge in [0.05, 0.1) is 11.5 Å². The maximum Gasteiger partial charge on any atom is 0.411 e. The van der Waals surface area contributed by atoms with Crippen LogP contribution in [0.15, 0.2) is 59.5 Å². The molecule has 0 aliphatic carbocycles. The van der Waals surface area contributed by atoms with E-state index in [1.54, 1.807) is 30.3 Å². The van der Waals surface area contributed by atoms with Gasteiger partial charge in [-0.05, 0) is 42.8 Å². The SMILES string of the molecule is CCCCOC(=O)Nc1ccc(S(=O)(=O)Nc2ccccc2)cc1. The predicted octanol–water partition coefficient (Wildman–Crippen LogP) is 3.84. The number of sulfonamides is 1. The van der Waals surface area contributed by atoms with Crippen LogP contribution in [0.4, 0.5) is 16.2 Å². The molecule has 0 heterocycles. The van der Waals surface area contributed by atoms with Crippen molar-refractivity contribution < 1.29 is 17.9 Å².